The second-order valence-electron chi connectivity index (χ2n) is 10.4. The Morgan fingerprint density at radius 1 is 1.27 bits per heavy atom. The van der Waals surface area contributed by atoms with E-state index in [1.165, 1.54) is 0 Å². The smallest absolute Gasteiger partial charge is 0.224 e. The van der Waals surface area contributed by atoms with E-state index in [4.69, 9.17) is 4.43 Å². The maximum absolute atomic E-state index is 11.8. The van der Waals surface area contributed by atoms with Crippen molar-refractivity contribution in [1.82, 2.24) is 4.90 Å². The van der Waals surface area contributed by atoms with Gasteiger partial charge in [0, 0.05) is 27.5 Å². The van der Waals surface area contributed by atoms with Gasteiger partial charge in [-0.25, -0.2) is 0 Å². The number of aliphatic hydroxyl groups is 1. The topological polar surface area (TPSA) is 49.8 Å². The number of hydrogen-bond acceptors (Lipinski definition) is 3. The van der Waals surface area contributed by atoms with Crippen LogP contribution < -0.4 is 0 Å². The van der Waals surface area contributed by atoms with E-state index < -0.39 is 22.6 Å². The van der Waals surface area contributed by atoms with Gasteiger partial charge in [0.1, 0.15) is 6.23 Å². The summed E-state index contributed by atoms with van der Waals surface area (Å²) >= 11 is 0. The lowest BCUT2D eigenvalue weighted by Gasteiger charge is -2.39. The molecule has 6 heteroatoms. The van der Waals surface area contributed by atoms with Crippen LogP contribution in [0, 0.1) is 0 Å². The first-order chi connectivity index (χ1) is 11.7. The molecule has 0 aliphatic carbocycles. The number of allylic oxidation sites excluding steroid dienone is 1. The fourth-order valence-electron chi connectivity index (χ4n) is 2.78. The molecule has 152 valence electrons. The molecule has 1 amide bonds. The van der Waals surface area contributed by atoms with Gasteiger partial charge in [0.25, 0.3) is 0 Å². The van der Waals surface area contributed by atoms with Crippen molar-refractivity contribution in [2.24, 2.45) is 0 Å². The molecule has 1 N–H and O–H groups in total. The van der Waals surface area contributed by atoms with Gasteiger partial charge >= 0.3 is 0 Å². The number of aliphatic hydroxyl groups excluding tert-OH is 1. The van der Waals surface area contributed by atoms with Crippen molar-refractivity contribution < 1.29 is 14.3 Å². The molecule has 0 saturated carbocycles. The quantitative estimate of drug-likeness (QED) is 0.439. The Labute approximate surface area is 163 Å². The van der Waals surface area contributed by atoms with E-state index in [-0.39, 0.29) is 17.0 Å². The Kier molecular flexibility index (Phi) is 8.33. The van der Waals surface area contributed by atoms with Crippen molar-refractivity contribution in [2.45, 2.75) is 103 Å². The molecule has 2 atom stereocenters. The highest BCUT2D eigenvalue weighted by Crippen LogP contribution is 2.38. The number of nitrogens with zero attached hydrogens (tertiary/aromatic N) is 1. The molecule has 0 bridgehead atoms. The monoisotopic (exact) mass is 399 g/mol. The molecular weight excluding hydrogens is 358 g/mol. The predicted molar refractivity (Wildman–Crippen MR) is 116 cm³/mol. The van der Waals surface area contributed by atoms with E-state index in [1.807, 2.05) is 0 Å². The number of carbonyl (C=O) groups is 1. The number of rotatable bonds is 9. The SMILES string of the molecule is CC(C)(C)[Si](C)(C)O[C@@H](/C=C\C[Si](C)(C)C)CCCN1C(=O)CC[C@H]1O. The van der Waals surface area contributed by atoms with E-state index >= 15 is 0 Å². The third-order valence-electron chi connectivity index (χ3n) is 5.52. The van der Waals surface area contributed by atoms with Gasteiger partial charge in [-0.3, -0.25) is 4.79 Å². The van der Waals surface area contributed by atoms with Crippen LogP contribution in [-0.4, -0.2) is 51.2 Å². The predicted octanol–water partition coefficient (Wildman–Crippen LogP) is 4.99. The molecule has 0 radical (unpaired) electrons. The third kappa shape index (κ3) is 7.66. The summed E-state index contributed by atoms with van der Waals surface area (Å²) in [7, 11) is -2.95. The number of hydrogen-bond donors (Lipinski definition) is 1. The van der Waals surface area contributed by atoms with Gasteiger partial charge in [-0.2, -0.15) is 0 Å². The summed E-state index contributed by atoms with van der Waals surface area (Å²) < 4.78 is 6.64. The van der Waals surface area contributed by atoms with E-state index in [2.05, 4.69) is 65.7 Å². The lowest BCUT2D eigenvalue weighted by Crippen LogP contribution is -2.43. The maximum atomic E-state index is 11.8. The highest BCUT2D eigenvalue weighted by molar-refractivity contribution is 6.76. The van der Waals surface area contributed by atoms with E-state index in [9.17, 15) is 9.90 Å². The van der Waals surface area contributed by atoms with Crippen molar-refractivity contribution in [3.05, 3.63) is 12.2 Å². The highest BCUT2D eigenvalue weighted by atomic mass is 28.4. The van der Waals surface area contributed by atoms with E-state index in [0.29, 0.717) is 19.4 Å². The van der Waals surface area contributed by atoms with Crippen LogP contribution in [0.3, 0.4) is 0 Å². The first-order valence-electron chi connectivity index (χ1n) is 10.0. The summed E-state index contributed by atoms with van der Waals surface area (Å²) in [5.74, 6) is 0.0774. The average Bonchev–Trinajstić information content (AvgIpc) is 2.75. The Morgan fingerprint density at radius 3 is 2.35 bits per heavy atom. The van der Waals surface area contributed by atoms with Gasteiger partial charge in [-0.15, -0.1) is 0 Å². The van der Waals surface area contributed by atoms with Crippen LogP contribution in [0.2, 0.25) is 43.8 Å². The Hall–Kier alpha value is -0.436. The molecule has 0 aromatic carbocycles. The molecule has 1 fully saturated rings. The number of amides is 1. The fourth-order valence-corrected chi connectivity index (χ4v) is 4.93. The average molecular weight is 400 g/mol. The molecule has 1 saturated heterocycles. The molecule has 0 unspecified atom stereocenters. The van der Waals surface area contributed by atoms with Crippen molar-refractivity contribution in [1.29, 1.82) is 0 Å². The standard InChI is InChI=1S/C20H41NO3Si2/c1-20(2,3)26(7,8)24-17(12-10-16-25(4,5)6)11-9-15-21-18(22)13-14-19(21)23/h10,12,17-18,22H,9,11,13-16H2,1-8H3/b12-10-/t17-,18-/m1/s1. The lowest BCUT2D eigenvalue weighted by molar-refractivity contribution is -0.133. The van der Waals surface area contributed by atoms with Crippen LogP contribution in [0.4, 0.5) is 0 Å². The normalized spacial score (nSPS) is 21.0. The number of likely N-dealkylation sites (tertiary alicyclic amines) is 1. The minimum Gasteiger partial charge on any atom is -0.411 e. The van der Waals surface area contributed by atoms with Crippen molar-refractivity contribution in [3.8, 4) is 0 Å². The van der Waals surface area contributed by atoms with E-state index in [1.54, 1.807) is 4.90 Å². The molecule has 0 aromatic rings. The van der Waals surface area contributed by atoms with Gasteiger partial charge in [0.05, 0.1) is 6.10 Å². The van der Waals surface area contributed by atoms with Gasteiger partial charge in [-0.05, 0) is 37.0 Å². The van der Waals surface area contributed by atoms with Gasteiger partial charge in [0.15, 0.2) is 8.32 Å². The molecule has 1 heterocycles. The largest absolute Gasteiger partial charge is 0.411 e. The summed E-state index contributed by atoms with van der Waals surface area (Å²) in [5.41, 5.74) is 0. The first kappa shape index (κ1) is 23.6. The number of carbonyl (C=O) groups excluding carboxylic acids is 1. The summed E-state index contributed by atoms with van der Waals surface area (Å²) in [6.45, 7) is 19.1. The maximum Gasteiger partial charge on any atom is 0.224 e. The molecule has 0 aromatic heterocycles. The van der Waals surface area contributed by atoms with Crippen LogP contribution >= 0.6 is 0 Å². The van der Waals surface area contributed by atoms with Crippen LogP contribution in [0.5, 0.6) is 0 Å². The van der Waals surface area contributed by atoms with Gasteiger partial charge in [0.2, 0.25) is 5.91 Å². The molecule has 0 spiro atoms. The molecule has 1 rings (SSSR count). The van der Waals surface area contributed by atoms with Crippen LogP contribution in [0.15, 0.2) is 12.2 Å². The van der Waals surface area contributed by atoms with Crippen LogP contribution in [-0.2, 0) is 9.22 Å². The highest BCUT2D eigenvalue weighted by Gasteiger charge is 2.38. The third-order valence-corrected chi connectivity index (χ3v) is 11.5. The van der Waals surface area contributed by atoms with Gasteiger partial charge in [-0.1, -0.05) is 52.6 Å². The minimum absolute atomic E-state index is 0.0774. The zero-order chi connectivity index (χ0) is 20.2. The van der Waals surface area contributed by atoms with Crippen LogP contribution in [0.1, 0.15) is 46.5 Å². The molecule has 1 aliphatic heterocycles. The second kappa shape index (κ2) is 9.17. The van der Waals surface area contributed by atoms with Crippen molar-refractivity contribution >= 4 is 22.3 Å². The molecule has 26 heavy (non-hydrogen) atoms. The zero-order valence-electron chi connectivity index (χ0n) is 18.3. The molecule has 4 nitrogen and oxygen atoms in total. The first-order valence-corrected chi connectivity index (χ1v) is 16.7. The Bertz CT molecular complexity index is 492. The summed E-state index contributed by atoms with van der Waals surface area (Å²) in [5, 5.41) is 10.1. The Balaban J connectivity index is 2.69. The summed E-state index contributed by atoms with van der Waals surface area (Å²) in [4.78, 5) is 13.5. The minimum atomic E-state index is -1.84. The molecular formula is C20H41NO3Si2. The van der Waals surface area contributed by atoms with Crippen LogP contribution in [0.25, 0.3) is 0 Å². The van der Waals surface area contributed by atoms with Crippen molar-refractivity contribution in [3.63, 3.8) is 0 Å². The van der Waals surface area contributed by atoms with E-state index in [0.717, 1.165) is 18.9 Å². The fraction of sp³-hybridized carbons (Fsp3) is 0.850. The van der Waals surface area contributed by atoms with Crippen molar-refractivity contribution in [2.75, 3.05) is 6.54 Å². The van der Waals surface area contributed by atoms with Gasteiger partial charge < -0.3 is 14.4 Å². The second-order valence-corrected chi connectivity index (χ2v) is 20.6. The summed E-state index contributed by atoms with van der Waals surface area (Å²) in [6, 6.07) is 1.16. The lowest BCUT2D eigenvalue weighted by atomic mass is 10.2. The summed E-state index contributed by atoms with van der Waals surface area (Å²) in [6.07, 6.45) is 6.86. The Morgan fingerprint density at radius 2 is 1.88 bits per heavy atom. The zero-order valence-corrected chi connectivity index (χ0v) is 20.3. The molecule has 1 aliphatic rings.